The lowest BCUT2D eigenvalue weighted by atomic mass is 9.64. The fraction of sp³-hybridized carbons (Fsp3) is 0.438. The van der Waals surface area contributed by atoms with Crippen LogP contribution in [0.3, 0.4) is 0 Å². The Morgan fingerprint density at radius 2 is 1.47 bits per heavy atom. The zero-order chi connectivity index (χ0) is 27.2. The highest BCUT2D eigenvalue weighted by atomic mass is 35.5. The third-order valence-corrected chi connectivity index (χ3v) is 8.04. The Hall–Kier alpha value is -3.05. The number of benzene rings is 2. The first-order chi connectivity index (χ1) is 18.0. The topological polar surface area (TPSA) is 64.6 Å². The number of Topliss-reactive ketones (excluding diaryl/α,β-unsaturated/α-hetero) is 2. The van der Waals surface area contributed by atoms with Gasteiger partial charge < -0.3 is 14.8 Å². The van der Waals surface area contributed by atoms with Gasteiger partial charge in [0.05, 0.1) is 6.61 Å². The lowest BCUT2D eigenvalue weighted by Gasteiger charge is -2.44. The molecule has 0 atom stereocenters. The maximum Gasteiger partial charge on any atom is 0.162 e. The number of allylic oxidation sites excluding steroid dienone is 4. The van der Waals surface area contributed by atoms with Crippen LogP contribution in [-0.4, -0.2) is 18.2 Å². The molecular weight excluding hydrogens is 498 g/mol. The van der Waals surface area contributed by atoms with E-state index < -0.39 is 5.92 Å². The molecule has 6 heteroatoms. The third kappa shape index (κ3) is 5.13. The van der Waals surface area contributed by atoms with E-state index in [2.05, 4.69) is 33.0 Å². The Balaban J connectivity index is 1.59. The van der Waals surface area contributed by atoms with Crippen molar-refractivity contribution in [1.29, 1.82) is 0 Å². The first-order valence-corrected chi connectivity index (χ1v) is 13.8. The molecule has 0 fully saturated rings. The standard InChI is InChI=1S/C32H36ClNO4/c1-6-37-27-13-20(38-18-19-9-7-8-10-22(19)33)11-12-21(27)28-29-23(14-31(2,3)16-25(29)35)34-24-15-32(4,5)17-26(36)30(24)28/h7-13,28,34H,6,14-18H2,1-5H3. The molecule has 0 amide bonds. The lowest BCUT2D eigenvalue weighted by molar-refractivity contribution is -0.119. The van der Waals surface area contributed by atoms with Gasteiger partial charge in [-0.15, -0.1) is 0 Å². The van der Waals surface area contributed by atoms with Gasteiger partial charge in [-0.1, -0.05) is 63.6 Å². The molecule has 2 aromatic carbocycles. The number of hydrogen-bond donors (Lipinski definition) is 1. The van der Waals surface area contributed by atoms with Gasteiger partial charge >= 0.3 is 0 Å². The Bertz CT molecular complexity index is 1320. The molecule has 2 aromatic rings. The smallest absolute Gasteiger partial charge is 0.162 e. The zero-order valence-corrected chi connectivity index (χ0v) is 23.6. The van der Waals surface area contributed by atoms with Gasteiger partial charge in [0.15, 0.2) is 11.6 Å². The van der Waals surface area contributed by atoms with E-state index >= 15 is 0 Å². The Labute approximate surface area is 230 Å². The molecule has 3 aliphatic rings. The summed E-state index contributed by atoms with van der Waals surface area (Å²) >= 11 is 6.31. The molecule has 0 bridgehead atoms. The predicted octanol–water partition coefficient (Wildman–Crippen LogP) is 7.29. The van der Waals surface area contributed by atoms with Gasteiger partial charge in [0.1, 0.15) is 18.1 Å². The average molecular weight is 534 g/mol. The molecule has 0 saturated heterocycles. The maximum atomic E-state index is 13.7. The molecule has 1 N–H and O–H groups in total. The molecule has 5 nitrogen and oxygen atoms in total. The van der Waals surface area contributed by atoms with Crippen LogP contribution in [0.15, 0.2) is 65.0 Å². The zero-order valence-electron chi connectivity index (χ0n) is 22.9. The maximum absolute atomic E-state index is 13.7. The van der Waals surface area contributed by atoms with Gasteiger partial charge in [-0.05, 0) is 42.7 Å². The van der Waals surface area contributed by atoms with Crippen LogP contribution in [0.25, 0.3) is 0 Å². The van der Waals surface area contributed by atoms with Crippen LogP contribution in [0.4, 0.5) is 0 Å². The second kappa shape index (κ2) is 9.92. The minimum atomic E-state index is -0.451. The molecule has 38 heavy (non-hydrogen) atoms. The van der Waals surface area contributed by atoms with Crippen molar-refractivity contribution in [2.75, 3.05) is 6.61 Å². The van der Waals surface area contributed by atoms with Crippen LogP contribution in [0, 0.1) is 10.8 Å². The number of hydrogen-bond acceptors (Lipinski definition) is 5. The molecule has 0 aromatic heterocycles. The number of carbonyl (C=O) groups is 2. The molecule has 0 spiro atoms. The minimum absolute atomic E-state index is 0.0967. The summed E-state index contributed by atoms with van der Waals surface area (Å²) in [5.74, 6) is 1.01. The van der Waals surface area contributed by atoms with Gasteiger partial charge in [0.2, 0.25) is 0 Å². The first-order valence-electron chi connectivity index (χ1n) is 13.4. The first kappa shape index (κ1) is 26.6. The number of ether oxygens (including phenoxy) is 2. The molecule has 200 valence electrons. The Morgan fingerprint density at radius 3 is 2.05 bits per heavy atom. The molecule has 1 aliphatic heterocycles. The van der Waals surface area contributed by atoms with E-state index in [1.165, 1.54) is 0 Å². The van der Waals surface area contributed by atoms with E-state index in [-0.39, 0.29) is 22.4 Å². The molecule has 0 unspecified atom stereocenters. The number of rotatable bonds is 6. The summed E-state index contributed by atoms with van der Waals surface area (Å²) in [6.07, 6.45) is 2.43. The van der Waals surface area contributed by atoms with Crippen LogP contribution in [0.5, 0.6) is 11.5 Å². The largest absolute Gasteiger partial charge is 0.493 e. The molecular formula is C32H36ClNO4. The molecule has 5 rings (SSSR count). The highest BCUT2D eigenvalue weighted by molar-refractivity contribution is 6.31. The molecule has 0 saturated carbocycles. The van der Waals surface area contributed by atoms with Crippen molar-refractivity contribution in [2.24, 2.45) is 10.8 Å². The van der Waals surface area contributed by atoms with Gasteiger partial charge in [-0.2, -0.15) is 0 Å². The lowest BCUT2D eigenvalue weighted by Crippen LogP contribution is -2.42. The molecule has 0 radical (unpaired) electrons. The van der Waals surface area contributed by atoms with Crippen LogP contribution < -0.4 is 14.8 Å². The normalized spacial score (nSPS) is 20.6. The van der Waals surface area contributed by atoms with Crippen molar-refractivity contribution in [3.63, 3.8) is 0 Å². The number of dihydropyridines is 1. The van der Waals surface area contributed by atoms with Gasteiger partial charge in [-0.25, -0.2) is 0 Å². The van der Waals surface area contributed by atoms with Gasteiger partial charge in [0, 0.05) is 63.5 Å². The Kier molecular flexibility index (Phi) is 6.93. The van der Waals surface area contributed by atoms with Crippen molar-refractivity contribution in [1.82, 2.24) is 5.32 Å². The highest BCUT2D eigenvalue weighted by Crippen LogP contribution is 2.52. The van der Waals surface area contributed by atoms with E-state index in [0.717, 1.165) is 35.4 Å². The van der Waals surface area contributed by atoms with E-state index in [4.69, 9.17) is 21.1 Å². The highest BCUT2D eigenvalue weighted by Gasteiger charge is 2.47. The number of nitrogens with one attached hydrogen (secondary N) is 1. The van der Waals surface area contributed by atoms with E-state index in [1.807, 2.05) is 49.4 Å². The Morgan fingerprint density at radius 1 is 0.868 bits per heavy atom. The van der Waals surface area contributed by atoms with Gasteiger partial charge in [0.25, 0.3) is 0 Å². The summed E-state index contributed by atoms with van der Waals surface area (Å²) < 4.78 is 12.2. The van der Waals surface area contributed by atoms with Crippen LogP contribution in [-0.2, 0) is 16.2 Å². The van der Waals surface area contributed by atoms with Gasteiger partial charge in [-0.3, -0.25) is 9.59 Å². The van der Waals surface area contributed by atoms with E-state index in [0.29, 0.717) is 53.7 Å². The fourth-order valence-electron chi connectivity index (χ4n) is 6.10. The molecule has 1 heterocycles. The van der Waals surface area contributed by atoms with Crippen LogP contribution in [0.2, 0.25) is 5.02 Å². The predicted molar refractivity (Wildman–Crippen MR) is 149 cm³/mol. The van der Waals surface area contributed by atoms with Crippen LogP contribution >= 0.6 is 11.6 Å². The van der Waals surface area contributed by atoms with E-state index in [1.54, 1.807) is 0 Å². The fourth-order valence-corrected chi connectivity index (χ4v) is 6.29. The number of halogens is 1. The SMILES string of the molecule is CCOc1cc(OCc2ccccc2Cl)ccc1C1C2=C(CC(C)(C)CC2=O)NC2=C1C(=O)CC(C)(C)C2. The summed E-state index contributed by atoms with van der Waals surface area (Å²) in [6, 6.07) is 13.3. The average Bonchev–Trinajstić information content (AvgIpc) is 2.81. The second-order valence-electron chi connectivity index (χ2n) is 12.2. The quantitative estimate of drug-likeness (QED) is 0.422. The number of carbonyl (C=O) groups excluding carboxylic acids is 2. The minimum Gasteiger partial charge on any atom is -0.493 e. The summed E-state index contributed by atoms with van der Waals surface area (Å²) in [4.78, 5) is 27.3. The summed E-state index contributed by atoms with van der Waals surface area (Å²) in [5.41, 5.74) is 4.76. The second-order valence-corrected chi connectivity index (χ2v) is 12.6. The van der Waals surface area contributed by atoms with Crippen molar-refractivity contribution < 1.29 is 19.1 Å². The summed E-state index contributed by atoms with van der Waals surface area (Å²) in [6.45, 7) is 11.2. The van der Waals surface area contributed by atoms with Crippen molar-refractivity contribution >= 4 is 23.2 Å². The van der Waals surface area contributed by atoms with Crippen molar-refractivity contribution in [3.05, 3.63) is 81.2 Å². The van der Waals surface area contributed by atoms with Crippen molar-refractivity contribution in [2.45, 2.75) is 72.8 Å². The number of ketones is 2. The summed E-state index contributed by atoms with van der Waals surface area (Å²) in [5, 5.41) is 4.23. The monoisotopic (exact) mass is 533 g/mol. The van der Waals surface area contributed by atoms with Crippen molar-refractivity contribution in [3.8, 4) is 11.5 Å². The van der Waals surface area contributed by atoms with E-state index in [9.17, 15) is 9.59 Å². The third-order valence-electron chi connectivity index (χ3n) is 7.67. The molecule has 2 aliphatic carbocycles. The summed E-state index contributed by atoms with van der Waals surface area (Å²) in [7, 11) is 0. The van der Waals surface area contributed by atoms with Crippen LogP contribution in [0.1, 0.15) is 77.3 Å².